The van der Waals surface area contributed by atoms with Crippen LogP contribution in [-0.4, -0.2) is 5.78 Å². The molecule has 0 radical (unpaired) electrons. The van der Waals surface area contributed by atoms with Crippen molar-refractivity contribution in [2.24, 2.45) is 0 Å². The topological polar surface area (TPSA) is 17.1 Å². The fourth-order valence-electron chi connectivity index (χ4n) is 1.25. The van der Waals surface area contributed by atoms with Crippen LogP contribution in [0.2, 0.25) is 0 Å². The highest BCUT2D eigenvalue weighted by atomic mass is 19.2. The Morgan fingerprint density at radius 2 is 2.00 bits per heavy atom. The summed E-state index contributed by atoms with van der Waals surface area (Å²) in [6, 6.07) is 3.84. The smallest absolute Gasteiger partial charge is 0.162 e. The third-order valence-corrected chi connectivity index (χ3v) is 1.85. The number of allylic oxidation sites excluding steroid dienone is 2. The first-order valence-electron chi connectivity index (χ1n) is 4.61. The summed E-state index contributed by atoms with van der Waals surface area (Å²) in [7, 11) is 0. The van der Waals surface area contributed by atoms with Crippen molar-refractivity contribution in [1.29, 1.82) is 0 Å². The van der Waals surface area contributed by atoms with Gasteiger partial charge in [0.25, 0.3) is 0 Å². The lowest BCUT2D eigenvalue weighted by Gasteiger charge is -2.01. The summed E-state index contributed by atoms with van der Waals surface area (Å²) in [6.45, 7) is 3.56. The minimum Gasteiger partial charge on any atom is -0.294 e. The second-order valence-electron chi connectivity index (χ2n) is 3.58. The van der Waals surface area contributed by atoms with Gasteiger partial charge in [-0.25, -0.2) is 8.78 Å². The Balaban J connectivity index is 2.86. The number of carbonyl (C=O) groups excluding carboxylic acids is 1. The summed E-state index contributed by atoms with van der Waals surface area (Å²) >= 11 is 0. The maximum atomic E-state index is 13.2. The lowest BCUT2D eigenvalue weighted by atomic mass is 10.1. The summed E-state index contributed by atoms with van der Waals surface area (Å²) in [5.41, 5.74) is 0.939. The first kappa shape index (κ1) is 11.6. The van der Waals surface area contributed by atoms with Gasteiger partial charge in [-0.1, -0.05) is 17.7 Å². The van der Waals surface area contributed by atoms with E-state index < -0.39 is 11.6 Å². The van der Waals surface area contributed by atoms with E-state index in [2.05, 4.69) is 0 Å². The monoisotopic (exact) mass is 210 g/mol. The van der Waals surface area contributed by atoms with Gasteiger partial charge in [0.05, 0.1) is 0 Å². The maximum Gasteiger partial charge on any atom is 0.162 e. The Morgan fingerprint density at radius 1 is 1.33 bits per heavy atom. The van der Waals surface area contributed by atoms with E-state index >= 15 is 0 Å². The molecule has 1 aromatic carbocycles. The van der Waals surface area contributed by atoms with E-state index in [0.717, 1.165) is 11.6 Å². The van der Waals surface area contributed by atoms with Gasteiger partial charge >= 0.3 is 0 Å². The molecule has 0 aliphatic rings. The Hall–Kier alpha value is -1.51. The van der Waals surface area contributed by atoms with Crippen LogP contribution in [0.3, 0.4) is 0 Å². The molecule has 0 atom stereocenters. The molecule has 0 aliphatic carbocycles. The minimum absolute atomic E-state index is 0.0949. The van der Waals surface area contributed by atoms with E-state index in [4.69, 9.17) is 0 Å². The van der Waals surface area contributed by atoms with Crippen LogP contribution in [0.5, 0.6) is 0 Å². The van der Waals surface area contributed by atoms with Crippen molar-refractivity contribution in [2.45, 2.75) is 20.3 Å². The van der Waals surface area contributed by atoms with Crippen LogP contribution in [0, 0.1) is 11.6 Å². The van der Waals surface area contributed by atoms with E-state index in [0.29, 0.717) is 0 Å². The van der Waals surface area contributed by atoms with Crippen LogP contribution in [-0.2, 0) is 11.2 Å². The molecular formula is C12H12F2O. The van der Waals surface area contributed by atoms with Gasteiger partial charge in [0, 0.05) is 6.42 Å². The fourth-order valence-corrected chi connectivity index (χ4v) is 1.25. The van der Waals surface area contributed by atoms with Crippen LogP contribution in [0.1, 0.15) is 19.4 Å². The number of halogens is 2. The molecule has 0 bridgehead atoms. The van der Waals surface area contributed by atoms with E-state index in [-0.39, 0.29) is 17.8 Å². The lowest BCUT2D eigenvalue weighted by molar-refractivity contribution is -0.114. The quantitative estimate of drug-likeness (QED) is 0.701. The molecular weight excluding hydrogens is 198 g/mol. The van der Waals surface area contributed by atoms with Gasteiger partial charge in [0.2, 0.25) is 0 Å². The van der Waals surface area contributed by atoms with Gasteiger partial charge in [-0.2, -0.15) is 0 Å². The zero-order chi connectivity index (χ0) is 11.4. The number of hydrogen-bond acceptors (Lipinski definition) is 1. The lowest BCUT2D eigenvalue weighted by Crippen LogP contribution is -2.03. The number of hydrogen-bond donors (Lipinski definition) is 0. The first-order valence-corrected chi connectivity index (χ1v) is 4.61. The van der Waals surface area contributed by atoms with E-state index in [1.54, 1.807) is 13.8 Å². The average Bonchev–Trinajstić information content (AvgIpc) is 2.11. The molecule has 0 fully saturated rings. The Labute approximate surface area is 87.4 Å². The maximum absolute atomic E-state index is 13.2. The van der Waals surface area contributed by atoms with Crippen molar-refractivity contribution >= 4 is 5.78 Å². The van der Waals surface area contributed by atoms with E-state index in [1.165, 1.54) is 18.2 Å². The summed E-state index contributed by atoms with van der Waals surface area (Å²) in [6.07, 6.45) is 1.32. The normalized spacial score (nSPS) is 9.87. The van der Waals surface area contributed by atoms with Crippen LogP contribution in [0.4, 0.5) is 8.78 Å². The highest BCUT2D eigenvalue weighted by Gasteiger charge is 2.09. The van der Waals surface area contributed by atoms with Crippen LogP contribution < -0.4 is 0 Å². The predicted molar refractivity (Wildman–Crippen MR) is 54.5 cm³/mol. The highest BCUT2D eigenvalue weighted by molar-refractivity contribution is 5.91. The number of rotatable bonds is 3. The summed E-state index contributed by atoms with van der Waals surface area (Å²) < 4.78 is 25.9. The summed E-state index contributed by atoms with van der Waals surface area (Å²) in [5, 5.41) is 0. The number of benzene rings is 1. The number of carbonyl (C=O) groups is 1. The molecule has 1 nitrogen and oxygen atoms in total. The molecule has 0 saturated heterocycles. The average molecular weight is 210 g/mol. The standard InChI is InChI=1S/C12H12F2O/c1-8(2)6-10(15)7-9-4-3-5-11(13)12(9)14/h3-6H,7H2,1-2H3. The fraction of sp³-hybridized carbons (Fsp3) is 0.250. The minimum atomic E-state index is -0.937. The molecule has 0 saturated carbocycles. The Morgan fingerprint density at radius 3 is 2.60 bits per heavy atom. The van der Waals surface area contributed by atoms with Crippen molar-refractivity contribution in [2.75, 3.05) is 0 Å². The van der Waals surface area contributed by atoms with Gasteiger partial charge in [-0.3, -0.25) is 4.79 Å². The number of ketones is 1. The van der Waals surface area contributed by atoms with Crippen LogP contribution in [0.25, 0.3) is 0 Å². The van der Waals surface area contributed by atoms with Crippen LogP contribution in [0.15, 0.2) is 29.8 Å². The van der Waals surface area contributed by atoms with Gasteiger partial charge in [0.15, 0.2) is 17.4 Å². The molecule has 0 heterocycles. The van der Waals surface area contributed by atoms with Gasteiger partial charge in [-0.05, 0) is 31.6 Å². The summed E-state index contributed by atoms with van der Waals surface area (Å²) in [5.74, 6) is -2.08. The zero-order valence-corrected chi connectivity index (χ0v) is 8.68. The van der Waals surface area contributed by atoms with Gasteiger partial charge in [-0.15, -0.1) is 0 Å². The third kappa shape index (κ3) is 3.27. The van der Waals surface area contributed by atoms with Crippen molar-refractivity contribution in [1.82, 2.24) is 0 Å². The zero-order valence-electron chi connectivity index (χ0n) is 8.68. The molecule has 0 amide bonds. The van der Waals surface area contributed by atoms with E-state index in [1.807, 2.05) is 0 Å². The Kier molecular flexibility index (Phi) is 3.72. The van der Waals surface area contributed by atoms with E-state index in [9.17, 15) is 13.6 Å². The second-order valence-corrected chi connectivity index (χ2v) is 3.58. The first-order chi connectivity index (χ1) is 7.00. The molecule has 15 heavy (non-hydrogen) atoms. The molecule has 0 aliphatic heterocycles. The molecule has 1 rings (SSSR count). The molecule has 0 aromatic heterocycles. The van der Waals surface area contributed by atoms with Crippen molar-refractivity contribution in [3.8, 4) is 0 Å². The summed E-state index contributed by atoms with van der Waals surface area (Å²) in [4.78, 5) is 11.3. The van der Waals surface area contributed by atoms with Crippen molar-refractivity contribution in [3.63, 3.8) is 0 Å². The molecule has 0 spiro atoms. The van der Waals surface area contributed by atoms with Crippen molar-refractivity contribution < 1.29 is 13.6 Å². The SMILES string of the molecule is CC(C)=CC(=O)Cc1cccc(F)c1F. The second kappa shape index (κ2) is 4.82. The largest absolute Gasteiger partial charge is 0.294 e. The third-order valence-electron chi connectivity index (χ3n) is 1.85. The van der Waals surface area contributed by atoms with Crippen LogP contribution >= 0.6 is 0 Å². The van der Waals surface area contributed by atoms with Crippen molar-refractivity contribution in [3.05, 3.63) is 47.0 Å². The molecule has 3 heteroatoms. The Bertz CT molecular complexity index is 404. The molecule has 0 N–H and O–H groups in total. The van der Waals surface area contributed by atoms with Gasteiger partial charge in [0.1, 0.15) is 0 Å². The molecule has 80 valence electrons. The highest BCUT2D eigenvalue weighted by Crippen LogP contribution is 2.12. The van der Waals surface area contributed by atoms with Gasteiger partial charge < -0.3 is 0 Å². The molecule has 1 aromatic rings. The predicted octanol–water partition coefficient (Wildman–Crippen LogP) is 3.04. The molecule has 0 unspecified atom stereocenters.